The number of nitrogens with one attached hydrogen (secondary N) is 2. The van der Waals surface area contributed by atoms with Crippen LogP contribution in [0.3, 0.4) is 0 Å². The number of anilines is 2. The minimum Gasteiger partial charge on any atom is -0.494 e. The molecule has 2 aromatic carbocycles. The first-order valence-electron chi connectivity index (χ1n) is 10.8. The third-order valence-electron chi connectivity index (χ3n) is 5.41. The van der Waals surface area contributed by atoms with Gasteiger partial charge in [-0.25, -0.2) is 18.7 Å². The molecule has 35 heavy (non-hydrogen) atoms. The van der Waals surface area contributed by atoms with Gasteiger partial charge in [0.05, 0.1) is 24.6 Å². The lowest BCUT2D eigenvalue weighted by Crippen LogP contribution is -2.27. The van der Waals surface area contributed by atoms with E-state index in [9.17, 15) is 18.0 Å². The Bertz CT molecular complexity index is 1380. The van der Waals surface area contributed by atoms with Crippen molar-refractivity contribution in [2.45, 2.75) is 13.3 Å². The molecule has 4 N–H and O–H groups in total. The van der Waals surface area contributed by atoms with Crippen molar-refractivity contribution in [3.8, 4) is 17.0 Å². The minimum atomic E-state index is -1.11. The van der Waals surface area contributed by atoms with Gasteiger partial charge in [-0.15, -0.1) is 0 Å². The lowest BCUT2D eigenvalue weighted by Gasteiger charge is -2.13. The molecule has 4 aromatic rings. The van der Waals surface area contributed by atoms with Crippen molar-refractivity contribution in [2.75, 3.05) is 25.5 Å². The van der Waals surface area contributed by atoms with Crippen LogP contribution in [0.25, 0.3) is 16.9 Å². The molecule has 0 atom stereocenters. The number of fused-ring (bicyclic) bond motifs is 1. The van der Waals surface area contributed by atoms with Crippen molar-refractivity contribution in [2.24, 2.45) is 5.73 Å². The van der Waals surface area contributed by atoms with Crippen molar-refractivity contribution in [3.63, 3.8) is 0 Å². The molecule has 0 aliphatic heterocycles. The van der Waals surface area contributed by atoms with Crippen molar-refractivity contribution in [1.29, 1.82) is 0 Å². The first-order chi connectivity index (χ1) is 16.8. The van der Waals surface area contributed by atoms with Gasteiger partial charge < -0.3 is 21.1 Å². The molecule has 4 rings (SSSR count). The lowest BCUT2D eigenvalue weighted by atomic mass is 10.1. The van der Waals surface area contributed by atoms with E-state index in [4.69, 9.17) is 10.5 Å². The molecule has 0 bridgehead atoms. The fraction of sp³-hybridized carbons (Fsp3) is 0.208. The Hall–Kier alpha value is -4.12. The highest BCUT2D eigenvalue weighted by Gasteiger charge is 2.20. The zero-order valence-electron chi connectivity index (χ0n) is 19.0. The fourth-order valence-electron chi connectivity index (χ4n) is 3.73. The molecule has 2 heterocycles. The molecule has 11 heteroatoms. The Morgan fingerprint density at radius 1 is 1.17 bits per heavy atom. The first kappa shape index (κ1) is 24.0. The van der Waals surface area contributed by atoms with E-state index in [-0.39, 0.29) is 28.4 Å². The summed E-state index contributed by atoms with van der Waals surface area (Å²) in [6.07, 6.45) is 4.96. The molecule has 182 valence electrons. The van der Waals surface area contributed by atoms with E-state index in [0.717, 1.165) is 0 Å². The maximum absolute atomic E-state index is 14.8. The molecule has 0 aliphatic rings. The average Bonchev–Trinajstić information content (AvgIpc) is 3.25. The van der Waals surface area contributed by atoms with Crippen LogP contribution < -0.4 is 21.1 Å². The smallest absolute Gasteiger partial charge is 0.254 e. The van der Waals surface area contributed by atoms with E-state index in [1.165, 1.54) is 42.1 Å². The molecule has 0 spiro atoms. The van der Waals surface area contributed by atoms with Gasteiger partial charge in [0.25, 0.3) is 5.91 Å². The van der Waals surface area contributed by atoms with Gasteiger partial charge in [0.1, 0.15) is 5.82 Å². The first-order valence-corrected chi connectivity index (χ1v) is 10.8. The highest BCUT2D eigenvalue weighted by atomic mass is 19.2. The van der Waals surface area contributed by atoms with Crippen molar-refractivity contribution in [1.82, 2.24) is 19.7 Å². The molecular formula is C24H23F3N6O2. The van der Waals surface area contributed by atoms with Gasteiger partial charge in [-0.3, -0.25) is 9.20 Å². The third-order valence-corrected chi connectivity index (χ3v) is 5.41. The Balaban J connectivity index is 1.66. The Kier molecular flexibility index (Phi) is 6.87. The van der Waals surface area contributed by atoms with Crippen LogP contribution in [0.5, 0.6) is 5.75 Å². The SMILES string of the molecule is COc1ccc(-c2cnc3c(Nc4cc(C)c(C(=O)NCCCN)c(F)c4)nccn23)c(F)c1F. The largest absolute Gasteiger partial charge is 0.494 e. The third kappa shape index (κ3) is 4.62. The van der Waals surface area contributed by atoms with Crippen LogP contribution in [0.15, 0.2) is 42.9 Å². The number of hydrogen-bond donors (Lipinski definition) is 3. The van der Waals surface area contributed by atoms with Crippen LogP contribution in [0.4, 0.5) is 24.7 Å². The summed E-state index contributed by atoms with van der Waals surface area (Å²) in [6, 6.07) is 5.50. The number of hydrogen-bond acceptors (Lipinski definition) is 6. The zero-order valence-corrected chi connectivity index (χ0v) is 19.0. The van der Waals surface area contributed by atoms with Gasteiger partial charge >= 0.3 is 0 Å². The quantitative estimate of drug-likeness (QED) is 0.327. The van der Waals surface area contributed by atoms with E-state index < -0.39 is 23.4 Å². The second-order valence-electron chi connectivity index (χ2n) is 7.73. The molecule has 0 saturated carbocycles. The van der Waals surface area contributed by atoms with Gasteiger partial charge in [-0.1, -0.05) is 0 Å². The second kappa shape index (κ2) is 10.0. The average molecular weight is 484 g/mol. The number of nitrogens with two attached hydrogens (primary N) is 1. The predicted molar refractivity (Wildman–Crippen MR) is 125 cm³/mol. The summed E-state index contributed by atoms with van der Waals surface area (Å²) in [4.78, 5) is 20.9. The maximum Gasteiger partial charge on any atom is 0.254 e. The maximum atomic E-state index is 14.8. The number of halogens is 3. The Labute approximate surface area is 199 Å². The van der Waals surface area contributed by atoms with Crippen LogP contribution in [0, 0.1) is 24.4 Å². The number of methoxy groups -OCH3 is 1. The number of aryl methyl sites for hydroxylation is 1. The fourth-order valence-corrected chi connectivity index (χ4v) is 3.73. The monoisotopic (exact) mass is 484 g/mol. The number of carbonyl (C=O) groups excluding carboxylic acids is 1. The summed E-state index contributed by atoms with van der Waals surface area (Å²) < 4.78 is 50.1. The van der Waals surface area contributed by atoms with Crippen LogP contribution in [-0.4, -0.2) is 40.5 Å². The summed E-state index contributed by atoms with van der Waals surface area (Å²) in [6.45, 7) is 2.38. The number of imidazole rings is 1. The molecule has 1 amide bonds. The van der Waals surface area contributed by atoms with Crippen LogP contribution in [0.1, 0.15) is 22.3 Å². The van der Waals surface area contributed by atoms with Crippen molar-refractivity contribution in [3.05, 3.63) is 71.4 Å². The Morgan fingerprint density at radius 2 is 1.97 bits per heavy atom. The number of nitrogens with zero attached hydrogens (tertiary/aromatic N) is 3. The molecular weight excluding hydrogens is 461 g/mol. The number of ether oxygens (including phenoxy) is 1. The van der Waals surface area contributed by atoms with Crippen LogP contribution in [-0.2, 0) is 0 Å². The Morgan fingerprint density at radius 3 is 2.69 bits per heavy atom. The number of rotatable bonds is 8. The number of benzene rings is 2. The number of amides is 1. The molecule has 0 unspecified atom stereocenters. The van der Waals surface area contributed by atoms with E-state index in [1.54, 1.807) is 19.2 Å². The van der Waals surface area contributed by atoms with Gasteiger partial charge in [-0.05, 0) is 49.7 Å². The number of aromatic nitrogens is 3. The molecule has 2 aromatic heterocycles. The van der Waals surface area contributed by atoms with E-state index in [2.05, 4.69) is 20.6 Å². The highest BCUT2D eigenvalue weighted by Crippen LogP contribution is 2.31. The van der Waals surface area contributed by atoms with Crippen LogP contribution in [0.2, 0.25) is 0 Å². The minimum absolute atomic E-state index is 0.0140. The topological polar surface area (TPSA) is 107 Å². The molecule has 8 nitrogen and oxygen atoms in total. The van der Waals surface area contributed by atoms with Crippen molar-refractivity contribution >= 4 is 23.1 Å². The van der Waals surface area contributed by atoms with Gasteiger partial charge in [0, 0.05) is 30.2 Å². The molecule has 0 aliphatic carbocycles. The number of carbonyl (C=O) groups is 1. The molecule has 0 fully saturated rings. The van der Waals surface area contributed by atoms with E-state index >= 15 is 0 Å². The summed E-state index contributed by atoms with van der Waals surface area (Å²) in [7, 11) is 1.25. The summed E-state index contributed by atoms with van der Waals surface area (Å²) in [5.41, 5.74) is 6.70. The summed E-state index contributed by atoms with van der Waals surface area (Å²) >= 11 is 0. The summed E-state index contributed by atoms with van der Waals surface area (Å²) in [5.74, 6) is -3.36. The lowest BCUT2D eigenvalue weighted by molar-refractivity contribution is 0.0949. The predicted octanol–water partition coefficient (Wildman–Crippen LogP) is 3.95. The highest BCUT2D eigenvalue weighted by molar-refractivity contribution is 5.96. The van der Waals surface area contributed by atoms with Gasteiger partial charge in [-0.2, -0.15) is 4.39 Å². The van der Waals surface area contributed by atoms with E-state index in [1.807, 2.05) is 0 Å². The molecule has 0 radical (unpaired) electrons. The molecule has 0 saturated heterocycles. The standard InChI is InChI=1S/C24H23F3N6O2/c1-13-10-14(11-16(25)19(13)24(34)30-7-3-6-28)32-22-23-31-12-17(33(23)9-8-29-22)15-4-5-18(35-2)21(27)20(15)26/h4-5,8-12H,3,6-7,28H2,1-2H3,(H,29,32)(H,30,34). The van der Waals surface area contributed by atoms with Gasteiger partial charge in [0.15, 0.2) is 23.0 Å². The second-order valence-corrected chi connectivity index (χ2v) is 7.73. The normalized spacial score (nSPS) is 11.0. The van der Waals surface area contributed by atoms with Crippen molar-refractivity contribution < 1.29 is 22.7 Å². The van der Waals surface area contributed by atoms with Gasteiger partial charge in [0.2, 0.25) is 5.82 Å². The zero-order chi connectivity index (χ0) is 25.1. The van der Waals surface area contributed by atoms with Crippen LogP contribution >= 0.6 is 0 Å². The summed E-state index contributed by atoms with van der Waals surface area (Å²) in [5, 5.41) is 5.62. The van der Waals surface area contributed by atoms with E-state index in [0.29, 0.717) is 36.4 Å².